The van der Waals surface area contributed by atoms with E-state index >= 15 is 0 Å². The van der Waals surface area contributed by atoms with Crippen LogP contribution in [0.5, 0.6) is 0 Å². The Kier molecular flexibility index (Phi) is 6.59. The highest BCUT2D eigenvalue weighted by atomic mass is 127. The molecule has 0 fully saturated rings. The number of carbonyl (C=O) groups excluding carboxylic acids is 2. The molecule has 0 saturated heterocycles. The lowest BCUT2D eigenvalue weighted by molar-refractivity contribution is -0.142. The van der Waals surface area contributed by atoms with Crippen LogP contribution in [0, 0.1) is 3.57 Å². The van der Waals surface area contributed by atoms with Gasteiger partial charge >= 0.3 is 5.97 Å². The summed E-state index contributed by atoms with van der Waals surface area (Å²) in [5.41, 5.74) is 1.47. The highest BCUT2D eigenvalue weighted by Crippen LogP contribution is 2.15. The zero-order valence-electron chi connectivity index (χ0n) is 12.4. The first-order valence-corrected chi connectivity index (χ1v) is 8.76. The van der Waals surface area contributed by atoms with Crippen LogP contribution in [0.4, 0.5) is 0 Å². The molecule has 2 aromatic carbocycles. The van der Waals surface area contributed by atoms with E-state index in [4.69, 9.17) is 4.74 Å². The Labute approximate surface area is 156 Å². The van der Waals surface area contributed by atoms with Gasteiger partial charge in [-0.1, -0.05) is 40.2 Å². The molecule has 23 heavy (non-hydrogen) atoms. The van der Waals surface area contributed by atoms with Gasteiger partial charge in [0.2, 0.25) is 0 Å². The average molecular weight is 488 g/mol. The number of halogens is 2. The number of ether oxygens (including phenoxy) is 1. The van der Waals surface area contributed by atoms with Gasteiger partial charge in [0.25, 0.3) is 5.91 Å². The Balaban J connectivity index is 2.17. The van der Waals surface area contributed by atoms with Crippen molar-refractivity contribution < 1.29 is 14.3 Å². The van der Waals surface area contributed by atoms with Gasteiger partial charge < -0.3 is 10.1 Å². The second-order valence-electron chi connectivity index (χ2n) is 4.86. The minimum atomic E-state index is -0.734. The maximum atomic E-state index is 12.4. The van der Waals surface area contributed by atoms with E-state index in [1.165, 1.54) is 7.11 Å². The third-order valence-corrected chi connectivity index (χ3v) is 4.81. The van der Waals surface area contributed by atoms with Crippen LogP contribution in [0.1, 0.15) is 15.9 Å². The molecular weight excluding hydrogens is 473 g/mol. The standard InChI is InChI=1S/C17H15BrINO3/c1-23-17(22)15(10-11-5-2-3-8-14(11)19)20-16(21)12-6-4-7-13(18)9-12/h2-9,15H,10H2,1H3,(H,20,21)/t15-/m0/s1. The molecule has 0 heterocycles. The summed E-state index contributed by atoms with van der Waals surface area (Å²) >= 11 is 5.54. The van der Waals surface area contributed by atoms with Crippen LogP contribution in [-0.2, 0) is 16.0 Å². The van der Waals surface area contributed by atoms with Gasteiger partial charge in [-0.15, -0.1) is 0 Å². The van der Waals surface area contributed by atoms with Crippen molar-refractivity contribution in [1.82, 2.24) is 5.32 Å². The summed E-state index contributed by atoms with van der Waals surface area (Å²) in [5, 5.41) is 2.75. The van der Waals surface area contributed by atoms with E-state index < -0.39 is 12.0 Å². The second kappa shape index (κ2) is 8.44. The highest BCUT2D eigenvalue weighted by molar-refractivity contribution is 14.1. The van der Waals surface area contributed by atoms with Crippen LogP contribution in [-0.4, -0.2) is 25.0 Å². The van der Waals surface area contributed by atoms with Gasteiger partial charge in [0.15, 0.2) is 0 Å². The van der Waals surface area contributed by atoms with Gasteiger partial charge in [-0.3, -0.25) is 4.79 Å². The van der Waals surface area contributed by atoms with E-state index in [1.807, 2.05) is 30.3 Å². The number of rotatable bonds is 5. The molecule has 2 rings (SSSR count). The summed E-state index contributed by atoms with van der Waals surface area (Å²) in [7, 11) is 1.32. The molecular formula is C17H15BrINO3. The number of amides is 1. The predicted molar refractivity (Wildman–Crippen MR) is 100 cm³/mol. The minimum Gasteiger partial charge on any atom is -0.467 e. The SMILES string of the molecule is COC(=O)[C@H](Cc1ccccc1I)NC(=O)c1cccc(Br)c1. The zero-order chi connectivity index (χ0) is 16.8. The van der Waals surface area contributed by atoms with E-state index in [0.717, 1.165) is 13.6 Å². The van der Waals surface area contributed by atoms with Crippen molar-refractivity contribution in [2.24, 2.45) is 0 Å². The molecule has 120 valence electrons. The molecule has 4 nitrogen and oxygen atoms in total. The maximum absolute atomic E-state index is 12.4. The first-order chi connectivity index (χ1) is 11.0. The van der Waals surface area contributed by atoms with Crippen LogP contribution in [0.25, 0.3) is 0 Å². The lowest BCUT2D eigenvalue weighted by Crippen LogP contribution is -2.43. The summed E-state index contributed by atoms with van der Waals surface area (Å²) in [6.07, 6.45) is 0.380. The van der Waals surface area contributed by atoms with Crippen LogP contribution < -0.4 is 5.32 Å². The van der Waals surface area contributed by atoms with Gasteiger partial charge in [0.05, 0.1) is 7.11 Å². The number of esters is 1. The summed E-state index contributed by atoms with van der Waals surface area (Å²) < 4.78 is 6.66. The molecule has 0 aromatic heterocycles. The van der Waals surface area contributed by atoms with Crippen molar-refractivity contribution in [2.45, 2.75) is 12.5 Å². The molecule has 6 heteroatoms. The fourth-order valence-corrected chi connectivity index (χ4v) is 3.10. The van der Waals surface area contributed by atoms with Crippen molar-refractivity contribution in [3.63, 3.8) is 0 Å². The fraction of sp³-hybridized carbons (Fsp3) is 0.176. The fourth-order valence-electron chi connectivity index (χ4n) is 2.09. The number of nitrogens with one attached hydrogen (secondary N) is 1. The number of carbonyl (C=O) groups is 2. The summed E-state index contributed by atoms with van der Waals surface area (Å²) in [6.45, 7) is 0. The zero-order valence-corrected chi connectivity index (χ0v) is 16.1. The molecule has 1 N–H and O–H groups in total. The van der Waals surface area contributed by atoms with Gasteiger partial charge in [0.1, 0.15) is 6.04 Å². The molecule has 0 bridgehead atoms. The molecule has 1 atom stereocenters. The van der Waals surface area contributed by atoms with Crippen molar-refractivity contribution in [3.05, 3.63) is 67.7 Å². The highest BCUT2D eigenvalue weighted by Gasteiger charge is 2.23. The molecule has 0 aliphatic heterocycles. The van der Waals surface area contributed by atoms with Gasteiger partial charge in [0, 0.05) is 20.0 Å². The topological polar surface area (TPSA) is 55.4 Å². The first kappa shape index (κ1) is 17.9. The van der Waals surface area contributed by atoms with E-state index in [9.17, 15) is 9.59 Å². The molecule has 0 saturated carbocycles. The Morgan fingerprint density at radius 3 is 2.61 bits per heavy atom. The van der Waals surface area contributed by atoms with Gasteiger partial charge in [-0.2, -0.15) is 0 Å². The number of hydrogen-bond donors (Lipinski definition) is 1. The van der Waals surface area contributed by atoms with Crippen LogP contribution >= 0.6 is 38.5 Å². The lowest BCUT2D eigenvalue weighted by Gasteiger charge is -2.17. The number of benzene rings is 2. The molecule has 2 aromatic rings. The van der Waals surface area contributed by atoms with E-state index in [0.29, 0.717) is 12.0 Å². The summed E-state index contributed by atoms with van der Waals surface area (Å²) in [6, 6.07) is 14.0. The monoisotopic (exact) mass is 487 g/mol. The number of hydrogen-bond acceptors (Lipinski definition) is 3. The third kappa shape index (κ3) is 5.04. The molecule has 0 aliphatic rings. The van der Waals surface area contributed by atoms with Crippen LogP contribution in [0.2, 0.25) is 0 Å². The molecule has 0 radical (unpaired) electrons. The Hall–Kier alpha value is -1.41. The van der Waals surface area contributed by atoms with Crippen molar-refractivity contribution in [2.75, 3.05) is 7.11 Å². The lowest BCUT2D eigenvalue weighted by atomic mass is 10.1. The molecule has 0 unspecified atom stereocenters. The summed E-state index contributed by atoms with van der Waals surface area (Å²) in [4.78, 5) is 24.4. The first-order valence-electron chi connectivity index (χ1n) is 6.89. The largest absolute Gasteiger partial charge is 0.467 e. The Morgan fingerprint density at radius 1 is 1.22 bits per heavy atom. The van der Waals surface area contributed by atoms with Crippen LogP contribution in [0.15, 0.2) is 53.0 Å². The van der Waals surface area contributed by atoms with Crippen molar-refractivity contribution in [1.29, 1.82) is 0 Å². The minimum absolute atomic E-state index is 0.312. The molecule has 1 amide bonds. The average Bonchev–Trinajstić information content (AvgIpc) is 2.55. The smallest absolute Gasteiger partial charge is 0.328 e. The van der Waals surface area contributed by atoms with E-state index in [1.54, 1.807) is 18.2 Å². The second-order valence-corrected chi connectivity index (χ2v) is 6.93. The Bertz CT molecular complexity index is 720. The van der Waals surface area contributed by atoms with E-state index in [2.05, 4.69) is 43.8 Å². The molecule has 0 spiro atoms. The van der Waals surface area contributed by atoms with Gasteiger partial charge in [-0.05, 0) is 52.4 Å². The van der Waals surface area contributed by atoms with Crippen molar-refractivity contribution in [3.8, 4) is 0 Å². The number of methoxy groups -OCH3 is 1. The molecule has 0 aliphatic carbocycles. The van der Waals surface area contributed by atoms with Crippen LogP contribution in [0.3, 0.4) is 0 Å². The third-order valence-electron chi connectivity index (χ3n) is 3.26. The van der Waals surface area contributed by atoms with E-state index in [-0.39, 0.29) is 5.91 Å². The van der Waals surface area contributed by atoms with Crippen molar-refractivity contribution >= 4 is 50.4 Å². The normalized spacial score (nSPS) is 11.6. The van der Waals surface area contributed by atoms with Gasteiger partial charge in [-0.25, -0.2) is 4.79 Å². The maximum Gasteiger partial charge on any atom is 0.328 e. The summed E-state index contributed by atoms with van der Waals surface area (Å²) in [5.74, 6) is -0.777. The Morgan fingerprint density at radius 2 is 1.96 bits per heavy atom. The predicted octanol–water partition coefficient (Wildman–Crippen LogP) is 3.57. The quantitative estimate of drug-likeness (QED) is 0.518.